The second-order valence-electron chi connectivity index (χ2n) is 5.25. The minimum absolute atomic E-state index is 0.178. The number of hydrogen-bond donors (Lipinski definition) is 0. The predicted molar refractivity (Wildman–Crippen MR) is 81.3 cm³/mol. The molecule has 1 atom stereocenters. The van der Waals surface area contributed by atoms with E-state index in [9.17, 15) is 13.2 Å². The average molecular weight is 334 g/mol. The number of alkyl halides is 3. The molecule has 2 nitrogen and oxygen atoms in total. The summed E-state index contributed by atoms with van der Waals surface area (Å²) in [5.41, 5.74) is -0.623. The molecule has 0 aliphatic carbocycles. The lowest BCUT2D eigenvalue weighted by Crippen LogP contribution is -2.25. The number of rotatable bonds is 6. The molecule has 0 N–H and O–H groups in total. The summed E-state index contributed by atoms with van der Waals surface area (Å²) >= 11 is 1.21. The van der Waals surface area contributed by atoms with E-state index in [1.807, 2.05) is 6.92 Å². The Bertz CT molecular complexity index is 471. The van der Waals surface area contributed by atoms with Gasteiger partial charge >= 0.3 is 6.18 Å². The summed E-state index contributed by atoms with van der Waals surface area (Å²) in [6, 6.07) is 4.11. The van der Waals surface area contributed by atoms with Crippen LogP contribution >= 0.6 is 11.8 Å². The van der Waals surface area contributed by atoms with Crippen LogP contribution in [0.15, 0.2) is 23.1 Å². The van der Waals surface area contributed by atoms with E-state index in [2.05, 4.69) is 0 Å². The minimum Gasteiger partial charge on any atom is -0.464 e. The van der Waals surface area contributed by atoms with Crippen LogP contribution in [0.5, 0.6) is 5.75 Å². The molecular weight excluding hydrogens is 313 g/mol. The minimum atomic E-state index is -4.37. The maximum atomic E-state index is 13.2. The second-order valence-corrected chi connectivity index (χ2v) is 6.35. The Labute approximate surface area is 133 Å². The van der Waals surface area contributed by atoms with Gasteiger partial charge in [0.2, 0.25) is 0 Å². The van der Waals surface area contributed by atoms with Crippen molar-refractivity contribution in [2.75, 3.05) is 12.4 Å². The SMILES string of the molecule is CCCCSc1c(OC2CCCCO2)cccc1C(F)(F)F. The highest BCUT2D eigenvalue weighted by atomic mass is 32.2. The fourth-order valence-electron chi connectivity index (χ4n) is 2.25. The Balaban J connectivity index is 2.22. The Hall–Kier alpha value is -0.880. The molecule has 0 amide bonds. The van der Waals surface area contributed by atoms with Crippen molar-refractivity contribution in [3.63, 3.8) is 0 Å². The largest absolute Gasteiger partial charge is 0.464 e. The Morgan fingerprint density at radius 2 is 2.14 bits per heavy atom. The maximum absolute atomic E-state index is 13.2. The molecule has 0 aromatic heterocycles. The first-order valence-electron chi connectivity index (χ1n) is 7.63. The molecule has 1 aliphatic heterocycles. The topological polar surface area (TPSA) is 18.5 Å². The summed E-state index contributed by atoms with van der Waals surface area (Å²) in [7, 11) is 0. The Morgan fingerprint density at radius 1 is 1.32 bits per heavy atom. The van der Waals surface area contributed by atoms with Crippen LogP contribution < -0.4 is 4.74 Å². The summed E-state index contributed by atoms with van der Waals surface area (Å²) < 4.78 is 50.8. The van der Waals surface area contributed by atoms with Gasteiger partial charge < -0.3 is 9.47 Å². The third-order valence-electron chi connectivity index (χ3n) is 3.42. The summed E-state index contributed by atoms with van der Waals surface area (Å²) in [5.74, 6) is 0.925. The standard InChI is InChI=1S/C16H21F3O2S/c1-2-3-11-22-15-12(16(17,18)19)7-6-8-13(15)21-14-9-4-5-10-20-14/h6-8,14H,2-5,9-11H2,1H3. The lowest BCUT2D eigenvalue weighted by Gasteiger charge is -2.25. The van der Waals surface area contributed by atoms with Gasteiger partial charge in [-0.05, 0) is 37.1 Å². The van der Waals surface area contributed by atoms with Gasteiger partial charge in [0.15, 0.2) is 6.29 Å². The Morgan fingerprint density at radius 3 is 2.77 bits per heavy atom. The van der Waals surface area contributed by atoms with E-state index < -0.39 is 18.0 Å². The predicted octanol–water partition coefficient (Wildman–Crippen LogP) is 5.50. The molecule has 2 rings (SSSR count). The van der Waals surface area contributed by atoms with Gasteiger partial charge in [-0.1, -0.05) is 19.4 Å². The summed E-state index contributed by atoms with van der Waals surface area (Å²) in [6.07, 6.45) is -0.332. The quantitative estimate of drug-likeness (QED) is 0.505. The number of hydrogen-bond acceptors (Lipinski definition) is 3. The van der Waals surface area contributed by atoms with Gasteiger partial charge in [-0.25, -0.2) is 0 Å². The van der Waals surface area contributed by atoms with Gasteiger partial charge in [0.1, 0.15) is 5.75 Å². The molecule has 6 heteroatoms. The van der Waals surface area contributed by atoms with Crippen molar-refractivity contribution in [1.29, 1.82) is 0 Å². The summed E-state index contributed by atoms with van der Waals surface area (Å²) in [4.78, 5) is 0.178. The molecule has 1 aromatic rings. The monoisotopic (exact) mass is 334 g/mol. The first kappa shape index (κ1) is 17.5. The number of benzene rings is 1. The fraction of sp³-hybridized carbons (Fsp3) is 0.625. The highest BCUT2D eigenvalue weighted by molar-refractivity contribution is 7.99. The molecular formula is C16H21F3O2S. The van der Waals surface area contributed by atoms with Crippen molar-refractivity contribution in [1.82, 2.24) is 0 Å². The molecule has 1 aromatic carbocycles. The molecule has 1 heterocycles. The molecule has 124 valence electrons. The van der Waals surface area contributed by atoms with E-state index in [4.69, 9.17) is 9.47 Å². The van der Waals surface area contributed by atoms with Crippen molar-refractivity contribution in [3.05, 3.63) is 23.8 Å². The zero-order valence-corrected chi connectivity index (χ0v) is 13.4. The van der Waals surface area contributed by atoms with Crippen LogP contribution in [0.4, 0.5) is 13.2 Å². The molecule has 1 fully saturated rings. The molecule has 1 unspecified atom stereocenters. The van der Waals surface area contributed by atoms with Crippen LogP contribution in [-0.4, -0.2) is 18.6 Å². The average Bonchev–Trinajstić information content (AvgIpc) is 2.49. The van der Waals surface area contributed by atoms with Gasteiger partial charge in [-0.15, -0.1) is 11.8 Å². The molecule has 0 radical (unpaired) electrons. The van der Waals surface area contributed by atoms with Crippen LogP contribution in [0.3, 0.4) is 0 Å². The van der Waals surface area contributed by atoms with Gasteiger partial charge in [0, 0.05) is 6.42 Å². The molecule has 1 aliphatic rings. The number of unbranched alkanes of at least 4 members (excludes halogenated alkanes) is 1. The van der Waals surface area contributed by atoms with Crippen LogP contribution in [0.25, 0.3) is 0 Å². The van der Waals surface area contributed by atoms with Crippen molar-refractivity contribution >= 4 is 11.8 Å². The van der Waals surface area contributed by atoms with Gasteiger partial charge in [-0.2, -0.15) is 13.2 Å². The van der Waals surface area contributed by atoms with Gasteiger partial charge in [0.25, 0.3) is 0 Å². The van der Waals surface area contributed by atoms with E-state index in [-0.39, 0.29) is 10.6 Å². The smallest absolute Gasteiger partial charge is 0.417 e. The zero-order valence-electron chi connectivity index (χ0n) is 12.6. The van der Waals surface area contributed by atoms with E-state index in [0.717, 1.165) is 38.2 Å². The molecule has 0 bridgehead atoms. The van der Waals surface area contributed by atoms with E-state index in [1.165, 1.54) is 17.8 Å². The lowest BCUT2D eigenvalue weighted by molar-refractivity contribution is -0.141. The second kappa shape index (κ2) is 8.11. The van der Waals surface area contributed by atoms with Crippen molar-refractivity contribution in [3.8, 4) is 5.75 Å². The first-order valence-corrected chi connectivity index (χ1v) is 8.62. The number of halogens is 3. The fourth-order valence-corrected chi connectivity index (χ4v) is 3.48. The van der Waals surface area contributed by atoms with E-state index in [1.54, 1.807) is 6.07 Å². The summed E-state index contributed by atoms with van der Waals surface area (Å²) in [5, 5.41) is 0. The molecule has 0 saturated carbocycles. The normalized spacial score (nSPS) is 19.2. The molecule has 1 saturated heterocycles. The third-order valence-corrected chi connectivity index (χ3v) is 4.63. The maximum Gasteiger partial charge on any atom is 0.417 e. The van der Waals surface area contributed by atoms with Crippen LogP contribution in [0.2, 0.25) is 0 Å². The van der Waals surface area contributed by atoms with E-state index >= 15 is 0 Å². The first-order chi connectivity index (χ1) is 10.5. The van der Waals surface area contributed by atoms with Crippen molar-refractivity contribution in [2.24, 2.45) is 0 Å². The van der Waals surface area contributed by atoms with Crippen LogP contribution in [-0.2, 0) is 10.9 Å². The summed E-state index contributed by atoms with van der Waals surface area (Å²) in [6.45, 7) is 2.62. The van der Waals surface area contributed by atoms with Crippen molar-refractivity contribution in [2.45, 2.75) is 56.4 Å². The number of thioether (sulfide) groups is 1. The van der Waals surface area contributed by atoms with Crippen LogP contribution in [0, 0.1) is 0 Å². The van der Waals surface area contributed by atoms with Crippen LogP contribution in [0.1, 0.15) is 44.6 Å². The van der Waals surface area contributed by atoms with E-state index in [0.29, 0.717) is 12.4 Å². The van der Waals surface area contributed by atoms with Gasteiger partial charge in [-0.3, -0.25) is 0 Å². The zero-order chi connectivity index (χ0) is 16.0. The third kappa shape index (κ3) is 4.81. The lowest BCUT2D eigenvalue weighted by atomic mass is 10.2. The van der Waals surface area contributed by atoms with Crippen molar-refractivity contribution < 1.29 is 22.6 Å². The molecule has 0 spiro atoms. The number of ether oxygens (including phenoxy) is 2. The highest BCUT2D eigenvalue weighted by Crippen LogP contribution is 2.42. The molecule has 22 heavy (non-hydrogen) atoms. The Kier molecular flexibility index (Phi) is 6.44. The van der Waals surface area contributed by atoms with Gasteiger partial charge in [0.05, 0.1) is 17.1 Å². The highest BCUT2D eigenvalue weighted by Gasteiger charge is 2.35.